The topological polar surface area (TPSA) is 32.3 Å². The van der Waals surface area contributed by atoms with Crippen molar-refractivity contribution in [2.24, 2.45) is 5.92 Å². The minimum Gasteiger partial charge on any atom is -0.396 e. The van der Waals surface area contributed by atoms with Crippen LogP contribution in [0.4, 0.5) is 0 Å². The molecule has 0 spiro atoms. The van der Waals surface area contributed by atoms with E-state index in [1.165, 1.54) is 48.6 Å². The van der Waals surface area contributed by atoms with E-state index in [1.54, 1.807) is 0 Å². The average Bonchev–Trinajstić information content (AvgIpc) is 2.44. The molecule has 2 aliphatic carbocycles. The van der Waals surface area contributed by atoms with E-state index in [4.69, 9.17) is 0 Å². The summed E-state index contributed by atoms with van der Waals surface area (Å²) in [6, 6.07) is 9.77. The Morgan fingerprint density at radius 3 is 2.65 bits per heavy atom. The van der Waals surface area contributed by atoms with Crippen molar-refractivity contribution in [1.82, 2.24) is 5.32 Å². The Morgan fingerprint density at radius 2 is 1.90 bits per heavy atom. The number of benzene rings is 1. The van der Waals surface area contributed by atoms with E-state index in [1.807, 2.05) is 0 Å². The predicted octanol–water partition coefficient (Wildman–Crippen LogP) is 3.84. The van der Waals surface area contributed by atoms with Crippen molar-refractivity contribution in [3.05, 3.63) is 34.3 Å². The van der Waals surface area contributed by atoms with Crippen LogP contribution < -0.4 is 5.32 Å². The second kappa shape index (κ2) is 6.59. The van der Waals surface area contributed by atoms with Crippen molar-refractivity contribution in [1.29, 1.82) is 0 Å². The van der Waals surface area contributed by atoms with Crippen LogP contribution >= 0.6 is 15.9 Å². The van der Waals surface area contributed by atoms with Gasteiger partial charge >= 0.3 is 0 Å². The van der Waals surface area contributed by atoms with Crippen molar-refractivity contribution in [2.45, 2.75) is 56.5 Å². The van der Waals surface area contributed by atoms with Gasteiger partial charge in [0.1, 0.15) is 0 Å². The lowest BCUT2D eigenvalue weighted by Gasteiger charge is -2.42. The Bertz CT molecular complexity index is 444. The molecule has 0 radical (unpaired) electrons. The first-order chi connectivity index (χ1) is 9.78. The number of halogens is 1. The van der Waals surface area contributed by atoms with Crippen molar-refractivity contribution in [3.8, 4) is 0 Å². The molecule has 2 aliphatic rings. The van der Waals surface area contributed by atoms with Crippen LogP contribution in [0.25, 0.3) is 0 Å². The Balaban J connectivity index is 1.52. The molecule has 1 aromatic rings. The van der Waals surface area contributed by atoms with Crippen LogP contribution in [-0.2, 0) is 0 Å². The number of nitrogens with one attached hydrogen (secondary N) is 1. The molecule has 3 heteroatoms. The highest BCUT2D eigenvalue weighted by molar-refractivity contribution is 9.10. The van der Waals surface area contributed by atoms with Crippen LogP contribution in [0.3, 0.4) is 0 Å². The van der Waals surface area contributed by atoms with Crippen LogP contribution in [0.5, 0.6) is 0 Å². The zero-order valence-electron chi connectivity index (χ0n) is 11.9. The summed E-state index contributed by atoms with van der Waals surface area (Å²) in [6.07, 6.45) is 7.49. The minimum absolute atomic E-state index is 0.345. The first-order valence-electron chi connectivity index (χ1n) is 7.89. The summed E-state index contributed by atoms with van der Waals surface area (Å²) >= 11 is 3.66. The van der Waals surface area contributed by atoms with E-state index in [-0.39, 0.29) is 0 Å². The molecule has 0 aromatic heterocycles. The maximum Gasteiger partial charge on any atom is 0.0474 e. The zero-order valence-corrected chi connectivity index (χ0v) is 13.5. The molecule has 0 aliphatic heterocycles. The maximum atomic E-state index is 9.49. The molecule has 0 saturated heterocycles. The molecule has 0 heterocycles. The summed E-state index contributed by atoms with van der Waals surface area (Å²) in [6.45, 7) is 0.345. The van der Waals surface area contributed by atoms with E-state index in [0.717, 1.165) is 0 Å². The van der Waals surface area contributed by atoms with Gasteiger partial charge in [-0.2, -0.15) is 0 Å². The van der Waals surface area contributed by atoms with Crippen LogP contribution in [0.15, 0.2) is 28.7 Å². The summed E-state index contributed by atoms with van der Waals surface area (Å²) in [5.41, 5.74) is 1.45. The monoisotopic (exact) mass is 337 g/mol. The van der Waals surface area contributed by atoms with E-state index in [9.17, 15) is 5.11 Å². The van der Waals surface area contributed by atoms with Crippen molar-refractivity contribution < 1.29 is 5.11 Å². The molecule has 2 saturated carbocycles. The molecule has 2 atom stereocenters. The van der Waals surface area contributed by atoms with Gasteiger partial charge in [-0.3, -0.25) is 0 Å². The number of aliphatic hydroxyl groups excluding tert-OH is 1. The fourth-order valence-corrected chi connectivity index (χ4v) is 4.37. The number of rotatable bonds is 4. The highest BCUT2D eigenvalue weighted by atomic mass is 79.9. The number of aliphatic hydroxyl groups is 1. The molecule has 2 N–H and O–H groups in total. The highest BCUT2D eigenvalue weighted by Crippen LogP contribution is 2.40. The summed E-state index contributed by atoms with van der Waals surface area (Å²) in [7, 11) is 0. The number of hydrogen-bond donors (Lipinski definition) is 2. The molecule has 2 nitrogen and oxygen atoms in total. The smallest absolute Gasteiger partial charge is 0.0474 e. The standard InChI is InChI=1S/C17H24BrNO/c18-16-7-3-2-6-15(16)13-9-14(10-13)19-17-8-4-1-5-12(17)11-20/h2-3,6-7,12-14,17,19-20H,1,4-5,8-11H2. The molecule has 2 fully saturated rings. The molecule has 1 aromatic carbocycles. The summed E-state index contributed by atoms with van der Waals surface area (Å²) in [5, 5.41) is 13.3. The molecule has 0 bridgehead atoms. The predicted molar refractivity (Wildman–Crippen MR) is 85.9 cm³/mol. The highest BCUT2D eigenvalue weighted by Gasteiger charge is 2.34. The van der Waals surface area contributed by atoms with Gasteiger partial charge in [-0.15, -0.1) is 0 Å². The van der Waals surface area contributed by atoms with E-state index in [0.29, 0.717) is 30.5 Å². The van der Waals surface area contributed by atoms with Crippen molar-refractivity contribution in [2.75, 3.05) is 6.61 Å². The van der Waals surface area contributed by atoms with Crippen LogP contribution in [-0.4, -0.2) is 23.8 Å². The summed E-state index contributed by atoms with van der Waals surface area (Å²) in [5.74, 6) is 1.17. The van der Waals surface area contributed by atoms with Gasteiger partial charge in [0.25, 0.3) is 0 Å². The van der Waals surface area contributed by atoms with Crippen LogP contribution in [0, 0.1) is 5.92 Å². The van der Waals surface area contributed by atoms with Gasteiger partial charge in [0, 0.05) is 23.2 Å². The lowest BCUT2D eigenvalue weighted by molar-refractivity contribution is 0.130. The summed E-state index contributed by atoms with van der Waals surface area (Å²) < 4.78 is 1.24. The van der Waals surface area contributed by atoms with Crippen molar-refractivity contribution >= 4 is 15.9 Å². The van der Waals surface area contributed by atoms with E-state index >= 15 is 0 Å². The fourth-order valence-electron chi connectivity index (χ4n) is 3.76. The Kier molecular flexibility index (Phi) is 4.79. The second-order valence-corrected chi connectivity index (χ2v) is 7.24. The molecule has 110 valence electrons. The maximum absolute atomic E-state index is 9.49. The van der Waals surface area contributed by atoms with Gasteiger partial charge in [0.05, 0.1) is 0 Å². The van der Waals surface area contributed by atoms with Crippen LogP contribution in [0.1, 0.15) is 50.0 Å². The zero-order chi connectivity index (χ0) is 13.9. The first-order valence-corrected chi connectivity index (χ1v) is 8.68. The van der Waals surface area contributed by atoms with E-state index < -0.39 is 0 Å². The van der Waals surface area contributed by atoms with Gasteiger partial charge in [-0.25, -0.2) is 0 Å². The fraction of sp³-hybridized carbons (Fsp3) is 0.647. The third-order valence-electron chi connectivity index (χ3n) is 5.08. The number of hydrogen-bond acceptors (Lipinski definition) is 2. The van der Waals surface area contributed by atoms with Crippen molar-refractivity contribution in [3.63, 3.8) is 0 Å². The third kappa shape index (κ3) is 3.10. The van der Waals surface area contributed by atoms with Gasteiger partial charge < -0.3 is 10.4 Å². The van der Waals surface area contributed by atoms with E-state index in [2.05, 4.69) is 45.5 Å². The first kappa shape index (κ1) is 14.6. The van der Waals surface area contributed by atoms with Crippen LogP contribution in [0.2, 0.25) is 0 Å². The van der Waals surface area contributed by atoms with Gasteiger partial charge in [0.15, 0.2) is 0 Å². The molecular weight excluding hydrogens is 314 g/mol. The molecule has 2 unspecified atom stereocenters. The lowest BCUT2D eigenvalue weighted by atomic mass is 9.74. The third-order valence-corrected chi connectivity index (χ3v) is 5.80. The largest absolute Gasteiger partial charge is 0.396 e. The lowest BCUT2D eigenvalue weighted by Crippen LogP contribution is -2.50. The quantitative estimate of drug-likeness (QED) is 0.874. The Labute approximate surface area is 130 Å². The molecule has 20 heavy (non-hydrogen) atoms. The SMILES string of the molecule is OCC1CCCCC1NC1CC(c2ccccc2Br)C1. The van der Waals surface area contributed by atoms with Gasteiger partial charge in [-0.05, 0) is 49.1 Å². The second-order valence-electron chi connectivity index (χ2n) is 6.39. The van der Waals surface area contributed by atoms with Gasteiger partial charge in [0.2, 0.25) is 0 Å². The Hall–Kier alpha value is -0.380. The normalized spacial score (nSPS) is 33.7. The minimum atomic E-state index is 0.345. The molecular formula is C17H24BrNO. The molecule has 0 amide bonds. The summed E-state index contributed by atoms with van der Waals surface area (Å²) in [4.78, 5) is 0. The van der Waals surface area contributed by atoms with Gasteiger partial charge in [-0.1, -0.05) is 47.0 Å². The Morgan fingerprint density at radius 1 is 1.15 bits per heavy atom. The average molecular weight is 338 g/mol. The molecule has 3 rings (SSSR count).